The molecule has 2 aliphatic rings. The molecule has 3 aromatic rings. The highest BCUT2D eigenvalue weighted by Gasteiger charge is 2.41. The molecule has 3 heterocycles. The van der Waals surface area contributed by atoms with E-state index in [0.29, 0.717) is 5.92 Å². The third kappa shape index (κ3) is 2.76. The number of piperidine rings is 1. The molecule has 1 unspecified atom stereocenters. The predicted molar refractivity (Wildman–Crippen MR) is 110 cm³/mol. The number of halogens is 1. The lowest BCUT2D eigenvalue weighted by atomic mass is 9.83. The van der Waals surface area contributed by atoms with Crippen LogP contribution in [0.4, 0.5) is 4.39 Å². The Balaban J connectivity index is 1.39. The fraction of sp³-hybridized carbons (Fsp3) is 0.435. The smallest absolute Gasteiger partial charge is 0.125 e. The Morgan fingerprint density at radius 2 is 2.00 bits per heavy atom. The Kier molecular flexibility index (Phi) is 4.44. The van der Waals surface area contributed by atoms with Crippen LogP contribution < -0.4 is 5.32 Å². The molecule has 2 aromatic carbocycles. The van der Waals surface area contributed by atoms with Crippen LogP contribution in [-0.2, 0) is 12.1 Å². The number of aromatic amines is 1. The molecule has 0 aliphatic carbocycles. The fourth-order valence-electron chi connectivity index (χ4n) is 5.32. The van der Waals surface area contributed by atoms with E-state index in [4.69, 9.17) is 0 Å². The van der Waals surface area contributed by atoms with Crippen molar-refractivity contribution in [2.45, 2.75) is 44.2 Å². The summed E-state index contributed by atoms with van der Waals surface area (Å²) >= 11 is 0. The van der Waals surface area contributed by atoms with Crippen LogP contribution in [-0.4, -0.2) is 34.7 Å². The summed E-state index contributed by atoms with van der Waals surface area (Å²) in [5.74, 6) is 0.202. The van der Waals surface area contributed by atoms with E-state index in [2.05, 4.69) is 51.6 Å². The molecule has 4 nitrogen and oxygen atoms in total. The van der Waals surface area contributed by atoms with Crippen molar-refractivity contribution in [1.82, 2.24) is 20.4 Å². The number of aromatic nitrogens is 2. The standard InChI is InChI=1S/C23H27FN4/c1-2-23(20-6-4-3-5-16(20)9-12-25-23)28-13-10-17(11-14-28)22-19-8-7-18(24)15-21(19)26-27-22/h3-8,15,17,25H,2,9-14H2,1H3,(H,26,27). The molecule has 0 bridgehead atoms. The third-order valence-corrected chi connectivity index (χ3v) is 6.76. The first-order valence-electron chi connectivity index (χ1n) is 10.4. The van der Waals surface area contributed by atoms with E-state index in [-0.39, 0.29) is 11.5 Å². The van der Waals surface area contributed by atoms with Crippen molar-refractivity contribution in [3.05, 3.63) is 65.1 Å². The summed E-state index contributed by atoms with van der Waals surface area (Å²) in [5.41, 5.74) is 4.76. The Morgan fingerprint density at radius 1 is 1.18 bits per heavy atom. The zero-order valence-electron chi connectivity index (χ0n) is 16.3. The molecule has 146 valence electrons. The Bertz CT molecular complexity index is 989. The molecule has 0 spiro atoms. The maximum Gasteiger partial charge on any atom is 0.125 e. The number of H-pyrrole nitrogens is 1. The minimum atomic E-state index is -0.218. The van der Waals surface area contributed by atoms with Gasteiger partial charge in [0.1, 0.15) is 5.82 Å². The van der Waals surface area contributed by atoms with Gasteiger partial charge in [0.05, 0.1) is 16.9 Å². The zero-order valence-corrected chi connectivity index (χ0v) is 16.3. The molecular weight excluding hydrogens is 351 g/mol. The highest BCUT2D eigenvalue weighted by molar-refractivity contribution is 5.81. The van der Waals surface area contributed by atoms with Gasteiger partial charge in [-0.3, -0.25) is 15.3 Å². The molecule has 5 rings (SSSR count). The Morgan fingerprint density at radius 3 is 2.82 bits per heavy atom. The second-order valence-electron chi connectivity index (χ2n) is 8.11. The van der Waals surface area contributed by atoms with Gasteiger partial charge in [0.2, 0.25) is 0 Å². The second kappa shape index (κ2) is 6.98. The van der Waals surface area contributed by atoms with E-state index >= 15 is 0 Å². The number of fused-ring (bicyclic) bond motifs is 2. The van der Waals surface area contributed by atoms with Crippen LogP contribution in [0.1, 0.15) is 48.9 Å². The van der Waals surface area contributed by atoms with Gasteiger partial charge >= 0.3 is 0 Å². The Hall–Kier alpha value is -2.24. The number of nitrogens with one attached hydrogen (secondary N) is 2. The van der Waals surface area contributed by atoms with Gasteiger partial charge in [-0.1, -0.05) is 31.2 Å². The van der Waals surface area contributed by atoms with Gasteiger partial charge in [0.15, 0.2) is 0 Å². The first-order chi connectivity index (χ1) is 13.7. The van der Waals surface area contributed by atoms with Crippen LogP contribution in [0.15, 0.2) is 42.5 Å². The van der Waals surface area contributed by atoms with Crippen LogP contribution >= 0.6 is 0 Å². The van der Waals surface area contributed by atoms with E-state index in [9.17, 15) is 4.39 Å². The van der Waals surface area contributed by atoms with E-state index in [1.807, 2.05) is 6.07 Å². The van der Waals surface area contributed by atoms with E-state index in [1.165, 1.54) is 23.3 Å². The molecule has 1 atom stereocenters. The molecule has 0 saturated carbocycles. The van der Waals surface area contributed by atoms with Crippen molar-refractivity contribution in [2.75, 3.05) is 19.6 Å². The van der Waals surface area contributed by atoms with Crippen molar-refractivity contribution in [1.29, 1.82) is 0 Å². The summed E-state index contributed by atoms with van der Waals surface area (Å²) in [6, 6.07) is 13.8. The molecule has 2 aliphatic heterocycles. The maximum atomic E-state index is 13.5. The highest BCUT2D eigenvalue weighted by atomic mass is 19.1. The van der Waals surface area contributed by atoms with Crippen molar-refractivity contribution < 1.29 is 4.39 Å². The molecular formula is C23H27FN4. The summed E-state index contributed by atoms with van der Waals surface area (Å²) in [6.07, 6.45) is 4.30. The lowest BCUT2D eigenvalue weighted by Gasteiger charge is -2.50. The lowest BCUT2D eigenvalue weighted by molar-refractivity contribution is 0.0187. The largest absolute Gasteiger partial charge is 0.295 e. The number of rotatable bonds is 3. The summed E-state index contributed by atoms with van der Waals surface area (Å²) in [4.78, 5) is 2.63. The molecule has 1 saturated heterocycles. The average molecular weight is 378 g/mol. The van der Waals surface area contributed by atoms with Crippen molar-refractivity contribution in [3.63, 3.8) is 0 Å². The SMILES string of the molecule is CCC1(N2CCC(c3n[nH]c4cc(F)ccc34)CC2)NCCc2ccccc21. The van der Waals surface area contributed by atoms with Gasteiger partial charge in [0.25, 0.3) is 0 Å². The van der Waals surface area contributed by atoms with E-state index < -0.39 is 0 Å². The zero-order chi connectivity index (χ0) is 19.1. The van der Waals surface area contributed by atoms with E-state index in [1.54, 1.807) is 0 Å². The summed E-state index contributed by atoms with van der Waals surface area (Å²) in [7, 11) is 0. The van der Waals surface area contributed by atoms with Crippen LogP contribution in [0.3, 0.4) is 0 Å². The molecule has 1 fully saturated rings. The molecule has 0 amide bonds. The minimum Gasteiger partial charge on any atom is -0.295 e. The lowest BCUT2D eigenvalue weighted by Crippen LogP contribution is -2.60. The van der Waals surface area contributed by atoms with Gasteiger partial charge in [0, 0.05) is 30.9 Å². The second-order valence-corrected chi connectivity index (χ2v) is 8.11. The van der Waals surface area contributed by atoms with Crippen LogP contribution in [0.5, 0.6) is 0 Å². The monoisotopic (exact) mass is 378 g/mol. The molecule has 5 heteroatoms. The normalized spacial score (nSPS) is 23.8. The Labute approximate surface area is 165 Å². The van der Waals surface area contributed by atoms with Crippen molar-refractivity contribution >= 4 is 10.9 Å². The molecule has 2 N–H and O–H groups in total. The number of benzene rings is 2. The summed E-state index contributed by atoms with van der Waals surface area (Å²) < 4.78 is 13.5. The number of hydrogen-bond donors (Lipinski definition) is 2. The van der Waals surface area contributed by atoms with Gasteiger partial charge in [-0.05, 0) is 55.0 Å². The molecule has 28 heavy (non-hydrogen) atoms. The van der Waals surface area contributed by atoms with Gasteiger partial charge in [-0.25, -0.2) is 4.39 Å². The predicted octanol–water partition coefficient (Wildman–Crippen LogP) is 4.29. The summed E-state index contributed by atoms with van der Waals surface area (Å²) in [6.45, 7) is 5.39. The topological polar surface area (TPSA) is 44.0 Å². The average Bonchev–Trinajstić information content (AvgIpc) is 3.16. The highest BCUT2D eigenvalue weighted by Crippen LogP contribution is 2.40. The van der Waals surface area contributed by atoms with Crippen molar-refractivity contribution in [2.24, 2.45) is 0 Å². The van der Waals surface area contributed by atoms with Crippen LogP contribution in [0.25, 0.3) is 10.9 Å². The fourth-order valence-corrected chi connectivity index (χ4v) is 5.32. The molecule has 1 aromatic heterocycles. The van der Waals surface area contributed by atoms with Crippen LogP contribution in [0, 0.1) is 5.82 Å². The van der Waals surface area contributed by atoms with Gasteiger partial charge in [-0.2, -0.15) is 5.10 Å². The first kappa shape index (κ1) is 17.8. The quantitative estimate of drug-likeness (QED) is 0.715. The maximum absolute atomic E-state index is 13.5. The number of hydrogen-bond acceptors (Lipinski definition) is 3. The van der Waals surface area contributed by atoms with Crippen molar-refractivity contribution in [3.8, 4) is 0 Å². The summed E-state index contributed by atoms with van der Waals surface area (Å²) in [5, 5.41) is 12.5. The van der Waals surface area contributed by atoms with E-state index in [0.717, 1.165) is 61.9 Å². The van der Waals surface area contributed by atoms with Gasteiger partial charge in [-0.15, -0.1) is 0 Å². The van der Waals surface area contributed by atoms with Gasteiger partial charge < -0.3 is 0 Å². The third-order valence-electron chi connectivity index (χ3n) is 6.76. The molecule has 0 radical (unpaired) electrons. The number of nitrogens with zero attached hydrogens (tertiary/aromatic N) is 2. The minimum absolute atomic E-state index is 0.0589. The first-order valence-corrected chi connectivity index (χ1v) is 10.4. The number of likely N-dealkylation sites (tertiary alicyclic amines) is 1. The van der Waals surface area contributed by atoms with Crippen LogP contribution in [0.2, 0.25) is 0 Å².